The van der Waals surface area contributed by atoms with Crippen LogP contribution in [0.3, 0.4) is 0 Å². The lowest BCUT2D eigenvalue weighted by atomic mass is 9.95. The van der Waals surface area contributed by atoms with Crippen LogP contribution in [0.2, 0.25) is 5.02 Å². The molecule has 8 heteroatoms. The summed E-state index contributed by atoms with van der Waals surface area (Å²) in [6, 6.07) is 13.0. The van der Waals surface area contributed by atoms with E-state index in [4.69, 9.17) is 11.6 Å². The molecule has 0 radical (unpaired) electrons. The second-order valence-electron chi connectivity index (χ2n) is 7.41. The van der Waals surface area contributed by atoms with Gasteiger partial charge in [0.2, 0.25) is 11.1 Å². The number of hydrogen-bond donors (Lipinski definition) is 2. The zero-order valence-corrected chi connectivity index (χ0v) is 19.4. The highest BCUT2D eigenvalue weighted by atomic mass is 35.5. The summed E-state index contributed by atoms with van der Waals surface area (Å²) in [6.07, 6.45) is 0. The van der Waals surface area contributed by atoms with Gasteiger partial charge in [-0.3, -0.25) is 4.79 Å². The molecule has 4 rings (SSSR count). The van der Waals surface area contributed by atoms with E-state index in [0.717, 1.165) is 33.8 Å². The van der Waals surface area contributed by atoms with E-state index in [1.807, 2.05) is 63.2 Å². The first-order valence-corrected chi connectivity index (χ1v) is 11.5. The molecule has 1 amide bonds. The third kappa shape index (κ3) is 4.20. The maximum absolute atomic E-state index is 13.5. The van der Waals surface area contributed by atoms with Gasteiger partial charge in [-0.25, -0.2) is 4.68 Å². The monoisotopic (exact) mass is 453 g/mol. The second kappa shape index (κ2) is 8.77. The van der Waals surface area contributed by atoms with Crippen molar-refractivity contribution in [3.63, 3.8) is 0 Å². The summed E-state index contributed by atoms with van der Waals surface area (Å²) < 4.78 is 1.78. The van der Waals surface area contributed by atoms with Crippen molar-refractivity contribution in [2.24, 2.45) is 0 Å². The lowest BCUT2D eigenvalue weighted by molar-refractivity contribution is -0.113. The van der Waals surface area contributed by atoms with Gasteiger partial charge in [0.25, 0.3) is 5.91 Å². The smallest absolute Gasteiger partial charge is 0.255 e. The number of rotatable bonds is 5. The predicted octanol–water partition coefficient (Wildman–Crippen LogP) is 5.59. The topological polar surface area (TPSA) is 71.8 Å². The summed E-state index contributed by atoms with van der Waals surface area (Å²) in [5, 5.41) is 12.4. The number of carbonyl (C=O) groups excluding carboxylic acids is 1. The summed E-state index contributed by atoms with van der Waals surface area (Å²) in [5.41, 5.74) is 5.22. The molecule has 2 aromatic carbocycles. The van der Waals surface area contributed by atoms with Crippen LogP contribution in [0.4, 0.5) is 11.6 Å². The fourth-order valence-corrected chi connectivity index (χ4v) is 4.33. The molecular weight excluding hydrogens is 430 g/mol. The number of allylic oxidation sites excluding steroid dienone is 1. The Bertz CT molecular complexity index is 1170. The van der Waals surface area contributed by atoms with Crippen LogP contribution in [-0.2, 0) is 4.79 Å². The number of carbonyl (C=O) groups is 1. The fraction of sp³-hybridized carbons (Fsp3) is 0.261. The Morgan fingerprint density at radius 2 is 1.94 bits per heavy atom. The van der Waals surface area contributed by atoms with E-state index in [9.17, 15) is 4.79 Å². The second-order valence-corrected chi connectivity index (χ2v) is 9.08. The zero-order valence-electron chi connectivity index (χ0n) is 17.9. The lowest BCUT2D eigenvalue weighted by Crippen LogP contribution is -2.31. The molecule has 0 saturated heterocycles. The van der Waals surface area contributed by atoms with Crippen molar-refractivity contribution in [1.29, 1.82) is 0 Å². The average molecular weight is 454 g/mol. The van der Waals surface area contributed by atoms with Crippen LogP contribution < -0.4 is 10.6 Å². The minimum Gasteiger partial charge on any atom is -0.328 e. The highest BCUT2D eigenvalue weighted by Crippen LogP contribution is 2.37. The Balaban J connectivity index is 1.78. The Hall–Kier alpha value is -2.77. The fourth-order valence-electron chi connectivity index (χ4n) is 3.65. The predicted molar refractivity (Wildman–Crippen MR) is 127 cm³/mol. The molecule has 31 heavy (non-hydrogen) atoms. The van der Waals surface area contributed by atoms with Crippen LogP contribution in [0.15, 0.2) is 58.9 Å². The summed E-state index contributed by atoms with van der Waals surface area (Å²) in [4.78, 5) is 18.1. The largest absolute Gasteiger partial charge is 0.328 e. The number of aryl methyl sites for hydroxylation is 1. The highest BCUT2D eigenvalue weighted by Gasteiger charge is 2.34. The number of amides is 1. The van der Waals surface area contributed by atoms with Gasteiger partial charge in [-0.2, -0.15) is 4.98 Å². The Labute approximate surface area is 191 Å². The van der Waals surface area contributed by atoms with Crippen LogP contribution in [-0.4, -0.2) is 26.4 Å². The van der Waals surface area contributed by atoms with E-state index in [0.29, 0.717) is 21.7 Å². The molecule has 160 valence electrons. The molecule has 1 aliphatic heterocycles. The molecule has 3 aromatic rings. The van der Waals surface area contributed by atoms with Gasteiger partial charge in [-0.1, -0.05) is 54.6 Å². The first-order chi connectivity index (χ1) is 14.9. The number of fused-ring (bicyclic) bond motifs is 1. The van der Waals surface area contributed by atoms with Crippen LogP contribution in [0.1, 0.15) is 36.6 Å². The van der Waals surface area contributed by atoms with E-state index in [1.165, 1.54) is 0 Å². The first kappa shape index (κ1) is 21.5. The molecule has 2 N–H and O–H groups in total. The zero-order chi connectivity index (χ0) is 22.1. The van der Waals surface area contributed by atoms with Crippen molar-refractivity contribution in [3.8, 4) is 0 Å². The number of nitrogens with zero attached hydrogens (tertiary/aromatic N) is 3. The molecule has 0 aliphatic carbocycles. The van der Waals surface area contributed by atoms with Gasteiger partial charge >= 0.3 is 0 Å². The lowest BCUT2D eigenvalue weighted by Gasteiger charge is -2.29. The number of aromatic nitrogens is 3. The number of halogens is 1. The SMILES string of the molecule is CCSc1nc2n(n1)C(c1ccc(Cl)cc1)C(C(=O)Nc1cccc(C)c1C)=C(C)N2. The third-order valence-corrected chi connectivity index (χ3v) is 6.36. The van der Waals surface area contributed by atoms with Crippen molar-refractivity contribution < 1.29 is 4.79 Å². The normalized spacial score (nSPS) is 15.5. The van der Waals surface area contributed by atoms with E-state index in [2.05, 4.69) is 27.6 Å². The average Bonchev–Trinajstić information content (AvgIpc) is 3.13. The molecule has 0 saturated carbocycles. The summed E-state index contributed by atoms with van der Waals surface area (Å²) in [5.74, 6) is 1.31. The molecule has 0 spiro atoms. The van der Waals surface area contributed by atoms with Gasteiger partial charge in [-0.05, 0) is 61.4 Å². The first-order valence-electron chi connectivity index (χ1n) is 10.1. The Kier molecular flexibility index (Phi) is 6.07. The van der Waals surface area contributed by atoms with Crippen LogP contribution in [0.25, 0.3) is 0 Å². The maximum atomic E-state index is 13.5. The summed E-state index contributed by atoms with van der Waals surface area (Å²) >= 11 is 7.68. The van der Waals surface area contributed by atoms with Gasteiger partial charge in [0.05, 0.1) is 5.57 Å². The standard InChI is InChI=1S/C23H24ClN5OS/c1-5-31-23-27-22-25-15(4)19(21(30)26-18-8-6-7-13(2)14(18)3)20(29(22)28-23)16-9-11-17(24)12-10-16/h6-12,20H,5H2,1-4H3,(H,26,30)(H,25,27,28). The van der Waals surface area contributed by atoms with Crippen molar-refractivity contribution >= 4 is 40.9 Å². The molecule has 6 nitrogen and oxygen atoms in total. The van der Waals surface area contributed by atoms with Gasteiger partial charge in [0, 0.05) is 16.4 Å². The minimum absolute atomic E-state index is 0.176. The van der Waals surface area contributed by atoms with E-state index < -0.39 is 6.04 Å². The molecule has 2 heterocycles. The quantitative estimate of drug-likeness (QED) is 0.493. The van der Waals surface area contributed by atoms with Gasteiger partial charge in [-0.15, -0.1) is 5.10 Å². The molecular formula is C23H24ClN5OS. The molecule has 1 unspecified atom stereocenters. The third-order valence-electron chi connectivity index (χ3n) is 5.39. The number of hydrogen-bond acceptors (Lipinski definition) is 5. The molecule has 1 aliphatic rings. The molecule has 1 aromatic heterocycles. The summed E-state index contributed by atoms with van der Waals surface area (Å²) in [6.45, 7) is 7.99. The van der Waals surface area contributed by atoms with Gasteiger partial charge in [0.15, 0.2) is 0 Å². The Morgan fingerprint density at radius 1 is 1.19 bits per heavy atom. The van der Waals surface area contributed by atoms with Gasteiger partial charge < -0.3 is 10.6 Å². The van der Waals surface area contributed by atoms with Crippen molar-refractivity contribution in [2.45, 2.75) is 38.9 Å². The van der Waals surface area contributed by atoms with E-state index in [1.54, 1.807) is 16.4 Å². The number of thioether (sulfide) groups is 1. The van der Waals surface area contributed by atoms with Crippen molar-refractivity contribution in [3.05, 3.63) is 75.4 Å². The Morgan fingerprint density at radius 3 is 2.65 bits per heavy atom. The number of nitrogens with one attached hydrogen (secondary N) is 2. The van der Waals surface area contributed by atoms with E-state index in [-0.39, 0.29) is 5.91 Å². The molecule has 1 atom stereocenters. The van der Waals surface area contributed by atoms with Crippen molar-refractivity contribution in [1.82, 2.24) is 14.8 Å². The van der Waals surface area contributed by atoms with Crippen LogP contribution >= 0.6 is 23.4 Å². The molecule has 0 fully saturated rings. The molecule has 0 bridgehead atoms. The maximum Gasteiger partial charge on any atom is 0.255 e. The van der Waals surface area contributed by atoms with Crippen LogP contribution in [0, 0.1) is 13.8 Å². The van der Waals surface area contributed by atoms with Gasteiger partial charge in [0.1, 0.15) is 6.04 Å². The summed E-state index contributed by atoms with van der Waals surface area (Å²) in [7, 11) is 0. The van der Waals surface area contributed by atoms with Crippen LogP contribution in [0.5, 0.6) is 0 Å². The van der Waals surface area contributed by atoms with Crippen molar-refractivity contribution in [2.75, 3.05) is 16.4 Å². The van der Waals surface area contributed by atoms with E-state index >= 15 is 0 Å². The highest BCUT2D eigenvalue weighted by molar-refractivity contribution is 7.99. The number of anilines is 2. The minimum atomic E-state index is -0.419. The number of benzene rings is 2.